The summed E-state index contributed by atoms with van der Waals surface area (Å²) >= 11 is 1.95. The average molecular weight is 691 g/mol. The molecule has 0 saturated carbocycles. The Morgan fingerprint density at radius 1 is 0.605 bits per heavy atom. The number of hydrogen-bond donors (Lipinski definition) is 0. The Labute approximate surface area is 235 Å². The number of hydrogen-bond acceptors (Lipinski definition) is 6. The van der Waals surface area contributed by atoms with Crippen LogP contribution in [0.15, 0.2) is 135 Å². The van der Waals surface area contributed by atoms with Crippen LogP contribution in [0.4, 0.5) is 8.78 Å². The van der Waals surface area contributed by atoms with Gasteiger partial charge in [0, 0.05) is 18.3 Å². The van der Waals surface area contributed by atoms with Crippen molar-refractivity contribution in [1.82, 2.24) is 0 Å². The Morgan fingerprint density at radius 2 is 1.00 bits per heavy atom. The minimum absolute atomic E-state index is 0.351. The molecule has 0 bridgehead atoms. The van der Waals surface area contributed by atoms with E-state index < -0.39 is 42.4 Å². The number of rotatable bonds is 10. The molecule has 0 aliphatic rings. The van der Waals surface area contributed by atoms with Gasteiger partial charge in [0.15, 0.2) is 0 Å². The molecule has 4 aromatic rings. The fourth-order valence-corrected chi connectivity index (χ4v) is 9.83. The van der Waals surface area contributed by atoms with Gasteiger partial charge in [-0.25, -0.2) is 3.63 Å². The maximum absolute atomic E-state index is 15.3. The van der Waals surface area contributed by atoms with Crippen LogP contribution in [0.3, 0.4) is 0 Å². The molecular formula is C26H21F2IO6S3. The summed E-state index contributed by atoms with van der Waals surface area (Å²) in [4.78, 5) is 0.669. The zero-order valence-electron chi connectivity index (χ0n) is 19.5. The molecule has 0 atom stereocenters. The van der Waals surface area contributed by atoms with Crippen molar-refractivity contribution in [1.29, 1.82) is 0 Å². The molecule has 4 aromatic carbocycles. The molecule has 0 amide bonds. The highest BCUT2D eigenvalue weighted by molar-refractivity contribution is 14.1. The second-order valence-corrected chi connectivity index (χ2v) is 15.3. The SMILES string of the molecule is O=S(=O)(OCC(F)(F)S(=O)(=O)OS(c1ccccc1)(c1ccccc1)c1ccccc1)c1ccc(I)cc1. The largest absolute Gasteiger partial charge is 0.395 e. The van der Waals surface area contributed by atoms with Crippen LogP contribution in [0.2, 0.25) is 0 Å². The maximum Gasteiger partial charge on any atom is 0.395 e. The normalized spacial score (nSPS) is 13.2. The fourth-order valence-electron chi connectivity index (χ4n) is 3.43. The van der Waals surface area contributed by atoms with Crippen LogP contribution in [-0.4, -0.2) is 28.7 Å². The second kappa shape index (κ2) is 11.4. The summed E-state index contributed by atoms with van der Waals surface area (Å²) < 4.78 is 92.9. The molecule has 38 heavy (non-hydrogen) atoms. The van der Waals surface area contributed by atoms with Gasteiger partial charge in [0.25, 0.3) is 10.1 Å². The van der Waals surface area contributed by atoms with E-state index in [4.69, 9.17) is 3.63 Å². The number of alkyl halides is 2. The van der Waals surface area contributed by atoms with E-state index in [-0.39, 0.29) is 4.90 Å². The number of benzene rings is 4. The van der Waals surface area contributed by atoms with Gasteiger partial charge in [-0.05, 0) is 93.6 Å². The molecule has 0 spiro atoms. The van der Waals surface area contributed by atoms with Crippen LogP contribution in [0.25, 0.3) is 0 Å². The first-order valence-corrected chi connectivity index (χ1v) is 16.4. The summed E-state index contributed by atoms with van der Waals surface area (Å²) in [5.41, 5.74) is 0. The summed E-state index contributed by atoms with van der Waals surface area (Å²) in [5.74, 6) is 0. The molecule has 0 aromatic heterocycles. The molecule has 0 aliphatic heterocycles. The molecule has 12 heteroatoms. The van der Waals surface area contributed by atoms with Crippen molar-refractivity contribution in [3.05, 3.63) is 119 Å². The van der Waals surface area contributed by atoms with Crippen LogP contribution in [-0.2, 0) is 28.0 Å². The molecular weight excluding hydrogens is 669 g/mol. The quantitative estimate of drug-likeness (QED) is 0.134. The standard InChI is InChI=1S/C26H21F2IO6S3/c27-26(28,20-34-37(30,31)25-18-16-21(29)17-19-25)38(32,33)35-36(22-10-4-1-5-11-22,23-12-6-2-7-13-23)24-14-8-3-9-15-24/h1-19H,20H2. The van der Waals surface area contributed by atoms with E-state index in [1.165, 1.54) is 24.3 Å². The molecule has 0 N–H and O–H groups in total. The van der Waals surface area contributed by atoms with Gasteiger partial charge in [0.2, 0.25) is 0 Å². The third kappa shape index (κ3) is 5.95. The molecule has 0 fully saturated rings. The van der Waals surface area contributed by atoms with Gasteiger partial charge < -0.3 is 0 Å². The summed E-state index contributed by atoms with van der Waals surface area (Å²) in [6.45, 7) is -1.96. The second-order valence-electron chi connectivity index (χ2n) is 7.83. The van der Waals surface area contributed by atoms with Crippen LogP contribution in [0, 0.1) is 3.57 Å². The highest BCUT2D eigenvalue weighted by Crippen LogP contribution is 2.70. The van der Waals surface area contributed by atoms with Gasteiger partial charge in [-0.2, -0.15) is 25.6 Å². The topological polar surface area (TPSA) is 86.7 Å². The first-order chi connectivity index (χ1) is 18.0. The molecule has 6 nitrogen and oxygen atoms in total. The lowest BCUT2D eigenvalue weighted by atomic mass is 10.4. The van der Waals surface area contributed by atoms with Gasteiger partial charge in [0.05, 0.1) is 4.90 Å². The minimum atomic E-state index is -5.76. The Morgan fingerprint density at radius 3 is 1.39 bits per heavy atom. The molecule has 200 valence electrons. The first kappa shape index (κ1) is 28.6. The summed E-state index contributed by atoms with van der Waals surface area (Å²) in [6.07, 6.45) is 0. The van der Waals surface area contributed by atoms with E-state index in [0.717, 1.165) is 0 Å². The summed E-state index contributed by atoms with van der Waals surface area (Å²) in [6, 6.07) is 29.8. The lowest BCUT2D eigenvalue weighted by Gasteiger charge is -2.40. The summed E-state index contributed by atoms with van der Waals surface area (Å²) in [5, 5.41) is -4.71. The molecule has 4 rings (SSSR count). The Bertz CT molecular complexity index is 1490. The van der Waals surface area contributed by atoms with Crippen molar-refractivity contribution in [2.45, 2.75) is 24.8 Å². The Kier molecular flexibility index (Phi) is 8.59. The predicted molar refractivity (Wildman–Crippen MR) is 149 cm³/mol. The van der Waals surface area contributed by atoms with E-state index in [2.05, 4.69) is 4.18 Å². The monoisotopic (exact) mass is 690 g/mol. The van der Waals surface area contributed by atoms with E-state index in [1.807, 2.05) is 22.6 Å². The van der Waals surface area contributed by atoms with E-state index in [1.54, 1.807) is 91.0 Å². The predicted octanol–water partition coefficient (Wildman–Crippen LogP) is 6.83. The fraction of sp³-hybridized carbons (Fsp3) is 0.0769. The zero-order chi connectivity index (χ0) is 27.4. The molecule has 0 heterocycles. The van der Waals surface area contributed by atoms with Gasteiger partial charge in [-0.3, -0.25) is 4.18 Å². The highest BCUT2D eigenvalue weighted by atomic mass is 127. The number of halogens is 3. The minimum Gasteiger partial charge on any atom is -0.259 e. The van der Waals surface area contributed by atoms with Crippen molar-refractivity contribution in [2.24, 2.45) is 0 Å². The Hall–Kier alpha value is -2.36. The van der Waals surface area contributed by atoms with Crippen molar-refractivity contribution in [3.63, 3.8) is 0 Å². The van der Waals surface area contributed by atoms with Gasteiger partial charge in [-0.15, -0.1) is 0 Å². The lowest BCUT2D eigenvalue weighted by Crippen LogP contribution is -2.37. The van der Waals surface area contributed by atoms with Crippen LogP contribution < -0.4 is 0 Å². The van der Waals surface area contributed by atoms with Crippen molar-refractivity contribution in [3.8, 4) is 0 Å². The molecule has 0 saturated heterocycles. The lowest BCUT2D eigenvalue weighted by molar-refractivity contribution is 0.0328. The first-order valence-electron chi connectivity index (χ1n) is 10.9. The third-order valence-electron chi connectivity index (χ3n) is 5.27. The van der Waals surface area contributed by atoms with Crippen molar-refractivity contribution >= 4 is 53.1 Å². The zero-order valence-corrected chi connectivity index (χ0v) is 24.1. The van der Waals surface area contributed by atoms with Gasteiger partial charge in [0.1, 0.15) is 6.61 Å². The molecule has 0 unspecified atom stereocenters. The van der Waals surface area contributed by atoms with E-state index in [9.17, 15) is 16.8 Å². The van der Waals surface area contributed by atoms with E-state index in [0.29, 0.717) is 18.3 Å². The van der Waals surface area contributed by atoms with Crippen LogP contribution in [0.1, 0.15) is 0 Å². The summed E-state index contributed by atoms with van der Waals surface area (Å²) in [7, 11) is -13.7. The average Bonchev–Trinajstić information content (AvgIpc) is 2.92. The third-order valence-corrected chi connectivity index (χ3v) is 12.5. The Balaban J connectivity index is 1.77. The van der Waals surface area contributed by atoms with Crippen molar-refractivity contribution in [2.75, 3.05) is 6.61 Å². The molecule has 0 radical (unpaired) electrons. The molecule has 0 aliphatic carbocycles. The highest BCUT2D eigenvalue weighted by Gasteiger charge is 2.52. The van der Waals surface area contributed by atoms with Crippen molar-refractivity contribution < 1.29 is 33.4 Å². The van der Waals surface area contributed by atoms with Crippen LogP contribution in [0.5, 0.6) is 0 Å². The smallest absolute Gasteiger partial charge is 0.259 e. The van der Waals surface area contributed by atoms with Crippen LogP contribution >= 0.6 is 32.9 Å². The van der Waals surface area contributed by atoms with Gasteiger partial charge >= 0.3 is 15.4 Å². The van der Waals surface area contributed by atoms with Gasteiger partial charge in [-0.1, -0.05) is 54.6 Å². The van der Waals surface area contributed by atoms with E-state index >= 15 is 8.78 Å². The maximum atomic E-state index is 15.3.